The number of hydrogen-bond donors (Lipinski definition) is 2. The number of nitrogens with one attached hydrogen (secondary N) is 1. The van der Waals surface area contributed by atoms with Gasteiger partial charge in [-0.1, -0.05) is 6.08 Å². The molecular formula is C11H20N2O4. The van der Waals surface area contributed by atoms with Gasteiger partial charge in [0, 0.05) is 7.11 Å². The zero-order chi connectivity index (χ0) is 13.1. The molecule has 0 aliphatic rings. The molecule has 0 fully saturated rings. The van der Waals surface area contributed by atoms with Gasteiger partial charge in [-0.3, -0.25) is 9.59 Å². The molecule has 0 spiro atoms. The third-order valence-electron chi connectivity index (χ3n) is 2.00. The van der Waals surface area contributed by atoms with E-state index in [-0.39, 0.29) is 12.5 Å². The lowest BCUT2D eigenvalue weighted by atomic mass is 10.1. The van der Waals surface area contributed by atoms with E-state index in [1.807, 2.05) is 0 Å². The highest BCUT2D eigenvalue weighted by Gasteiger charge is 2.16. The van der Waals surface area contributed by atoms with Crippen LogP contribution in [0.2, 0.25) is 0 Å². The van der Waals surface area contributed by atoms with Gasteiger partial charge in [-0.25, -0.2) is 0 Å². The Labute approximate surface area is 101 Å². The number of methoxy groups -OCH3 is 1. The van der Waals surface area contributed by atoms with E-state index in [0.29, 0.717) is 26.1 Å². The summed E-state index contributed by atoms with van der Waals surface area (Å²) in [5.74, 6) is -0.925. The summed E-state index contributed by atoms with van der Waals surface area (Å²) < 4.78 is 9.77. The number of primary amides is 1. The molecule has 0 unspecified atom stereocenters. The second-order valence-electron chi connectivity index (χ2n) is 3.43. The summed E-state index contributed by atoms with van der Waals surface area (Å²) in [6, 6.07) is -0.675. The van der Waals surface area contributed by atoms with Gasteiger partial charge in [-0.2, -0.15) is 0 Å². The van der Waals surface area contributed by atoms with E-state index in [4.69, 9.17) is 15.2 Å². The molecule has 0 aliphatic carbocycles. The summed E-state index contributed by atoms with van der Waals surface area (Å²) in [4.78, 5) is 22.4. The highest BCUT2D eigenvalue weighted by molar-refractivity contribution is 5.86. The summed E-state index contributed by atoms with van der Waals surface area (Å²) in [5.41, 5.74) is 5.15. The lowest BCUT2D eigenvalue weighted by molar-refractivity contribution is -0.130. The fraction of sp³-hybridized carbons (Fsp3) is 0.636. The van der Waals surface area contributed by atoms with E-state index in [9.17, 15) is 9.59 Å². The van der Waals surface area contributed by atoms with E-state index in [2.05, 4.69) is 11.9 Å². The van der Waals surface area contributed by atoms with Crippen molar-refractivity contribution in [2.45, 2.75) is 18.9 Å². The van der Waals surface area contributed by atoms with Gasteiger partial charge in [0.2, 0.25) is 11.8 Å². The van der Waals surface area contributed by atoms with Crippen molar-refractivity contribution < 1.29 is 19.1 Å². The SMILES string of the molecule is C=CCC[C@@H](NC(=O)COCCOC)C(N)=O. The minimum atomic E-state index is -0.675. The molecule has 0 heterocycles. The molecule has 3 N–H and O–H groups in total. The fourth-order valence-electron chi connectivity index (χ4n) is 1.11. The topological polar surface area (TPSA) is 90.7 Å². The molecule has 0 bridgehead atoms. The lowest BCUT2D eigenvalue weighted by Crippen LogP contribution is -2.45. The zero-order valence-corrected chi connectivity index (χ0v) is 10.1. The molecular weight excluding hydrogens is 224 g/mol. The first kappa shape index (κ1) is 15.6. The van der Waals surface area contributed by atoms with Crippen LogP contribution in [-0.2, 0) is 19.1 Å². The van der Waals surface area contributed by atoms with E-state index >= 15 is 0 Å². The van der Waals surface area contributed by atoms with E-state index in [1.54, 1.807) is 13.2 Å². The molecule has 0 aromatic carbocycles. The third kappa shape index (κ3) is 8.41. The Morgan fingerprint density at radius 1 is 1.47 bits per heavy atom. The summed E-state index contributed by atoms with van der Waals surface area (Å²) in [6.45, 7) is 4.18. The maximum atomic E-state index is 11.4. The Kier molecular flexibility index (Phi) is 8.99. The molecule has 0 aromatic heterocycles. The largest absolute Gasteiger partial charge is 0.382 e. The monoisotopic (exact) mass is 244 g/mol. The van der Waals surface area contributed by atoms with Crippen molar-refractivity contribution in [3.63, 3.8) is 0 Å². The van der Waals surface area contributed by atoms with Crippen LogP contribution in [0, 0.1) is 0 Å². The zero-order valence-electron chi connectivity index (χ0n) is 10.1. The number of ether oxygens (including phenoxy) is 2. The number of amides is 2. The normalized spacial score (nSPS) is 11.8. The Morgan fingerprint density at radius 2 is 2.18 bits per heavy atom. The average Bonchev–Trinajstić information content (AvgIpc) is 2.29. The first-order valence-corrected chi connectivity index (χ1v) is 5.38. The molecule has 0 aromatic rings. The molecule has 17 heavy (non-hydrogen) atoms. The molecule has 0 rings (SSSR count). The van der Waals surface area contributed by atoms with E-state index in [0.717, 1.165) is 0 Å². The third-order valence-corrected chi connectivity index (χ3v) is 2.00. The average molecular weight is 244 g/mol. The van der Waals surface area contributed by atoms with Crippen molar-refractivity contribution in [3.05, 3.63) is 12.7 Å². The van der Waals surface area contributed by atoms with Crippen LogP contribution in [0.3, 0.4) is 0 Å². The van der Waals surface area contributed by atoms with E-state index in [1.165, 1.54) is 0 Å². The summed E-state index contributed by atoms with van der Waals surface area (Å²) in [6.07, 6.45) is 2.72. The molecule has 0 aliphatic heterocycles. The number of rotatable bonds is 10. The minimum absolute atomic E-state index is 0.110. The first-order chi connectivity index (χ1) is 8.11. The van der Waals surface area contributed by atoms with Crippen molar-refractivity contribution in [2.75, 3.05) is 26.9 Å². The van der Waals surface area contributed by atoms with Gasteiger partial charge in [-0.15, -0.1) is 6.58 Å². The Bertz CT molecular complexity index is 256. The van der Waals surface area contributed by atoms with E-state index < -0.39 is 11.9 Å². The predicted molar refractivity (Wildman–Crippen MR) is 63.3 cm³/mol. The van der Waals surface area contributed by atoms with Crippen LogP contribution in [0.15, 0.2) is 12.7 Å². The smallest absolute Gasteiger partial charge is 0.246 e. The van der Waals surface area contributed by atoms with Gasteiger partial charge in [0.1, 0.15) is 12.6 Å². The minimum Gasteiger partial charge on any atom is -0.382 e. The van der Waals surface area contributed by atoms with Gasteiger partial charge in [0.25, 0.3) is 0 Å². The highest BCUT2D eigenvalue weighted by atomic mass is 16.5. The molecule has 6 heteroatoms. The van der Waals surface area contributed by atoms with Crippen LogP contribution in [0.1, 0.15) is 12.8 Å². The van der Waals surface area contributed by atoms with Gasteiger partial charge >= 0.3 is 0 Å². The molecule has 0 saturated carbocycles. The van der Waals surface area contributed by atoms with Crippen LogP contribution < -0.4 is 11.1 Å². The highest BCUT2D eigenvalue weighted by Crippen LogP contribution is 1.97. The Morgan fingerprint density at radius 3 is 2.71 bits per heavy atom. The van der Waals surface area contributed by atoms with Gasteiger partial charge in [-0.05, 0) is 12.8 Å². The van der Waals surface area contributed by atoms with Crippen molar-refractivity contribution in [3.8, 4) is 0 Å². The second-order valence-corrected chi connectivity index (χ2v) is 3.43. The molecule has 98 valence electrons. The quantitative estimate of drug-likeness (QED) is 0.403. The fourth-order valence-corrected chi connectivity index (χ4v) is 1.11. The van der Waals surface area contributed by atoms with Crippen LogP contribution in [0.5, 0.6) is 0 Å². The van der Waals surface area contributed by atoms with Crippen LogP contribution >= 0.6 is 0 Å². The maximum Gasteiger partial charge on any atom is 0.246 e. The Hall–Kier alpha value is -1.40. The molecule has 1 atom stereocenters. The molecule has 0 saturated heterocycles. The summed E-state index contributed by atoms with van der Waals surface area (Å²) in [7, 11) is 1.54. The van der Waals surface area contributed by atoms with Crippen LogP contribution in [0.25, 0.3) is 0 Å². The molecule has 0 radical (unpaired) electrons. The van der Waals surface area contributed by atoms with Crippen molar-refractivity contribution in [1.82, 2.24) is 5.32 Å². The van der Waals surface area contributed by atoms with Gasteiger partial charge < -0.3 is 20.5 Å². The second kappa shape index (κ2) is 9.80. The summed E-state index contributed by atoms with van der Waals surface area (Å²) >= 11 is 0. The lowest BCUT2D eigenvalue weighted by Gasteiger charge is -2.14. The number of nitrogens with two attached hydrogens (primary N) is 1. The standard InChI is InChI=1S/C11H20N2O4/c1-3-4-5-9(11(12)15)13-10(14)8-17-7-6-16-2/h3,9H,1,4-8H2,2H3,(H2,12,15)(H,13,14)/t9-/m1/s1. The maximum absolute atomic E-state index is 11.4. The van der Waals surface area contributed by atoms with Gasteiger partial charge in [0.15, 0.2) is 0 Å². The molecule has 2 amide bonds. The van der Waals surface area contributed by atoms with Crippen molar-refractivity contribution >= 4 is 11.8 Å². The van der Waals surface area contributed by atoms with Crippen LogP contribution in [-0.4, -0.2) is 44.8 Å². The van der Waals surface area contributed by atoms with Crippen molar-refractivity contribution in [2.24, 2.45) is 5.73 Å². The number of carbonyl (C=O) groups excluding carboxylic acids is 2. The van der Waals surface area contributed by atoms with Gasteiger partial charge in [0.05, 0.1) is 13.2 Å². The predicted octanol–water partition coefficient (Wildman–Crippen LogP) is -0.414. The molecule has 6 nitrogen and oxygen atoms in total. The van der Waals surface area contributed by atoms with Crippen LogP contribution in [0.4, 0.5) is 0 Å². The number of allylic oxidation sites excluding steroid dienone is 1. The summed E-state index contributed by atoms with van der Waals surface area (Å²) in [5, 5.41) is 2.50. The Balaban J connectivity index is 3.86. The number of carbonyl (C=O) groups is 2. The van der Waals surface area contributed by atoms with Crippen molar-refractivity contribution in [1.29, 1.82) is 0 Å². The number of hydrogen-bond acceptors (Lipinski definition) is 4. The first-order valence-electron chi connectivity index (χ1n) is 5.38.